The number of hydrogen-bond acceptors (Lipinski definition) is 2. The number of rotatable bonds is 2. The Labute approximate surface area is 98.1 Å². The predicted molar refractivity (Wildman–Crippen MR) is 61.0 cm³/mol. The van der Waals surface area contributed by atoms with Crippen LogP contribution in [0.2, 0.25) is 5.15 Å². The van der Waals surface area contributed by atoms with Gasteiger partial charge in [0.1, 0.15) is 16.8 Å². The highest BCUT2D eigenvalue weighted by molar-refractivity contribution is 6.29. The second kappa shape index (κ2) is 4.58. The van der Waals surface area contributed by atoms with Crippen molar-refractivity contribution in [3.63, 3.8) is 0 Å². The molecule has 0 saturated heterocycles. The molecule has 0 spiro atoms. The quantitative estimate of drug-likeness (QED) is 0.749. The summed E-state index contributed by atoms with van der Waals surface area (Å²) in [7, 11) is 0. The van der Waals surface area contributed by atoms with Crippen LogP contribution in [-0.4, -0.2) is 9.97 Å². The molecule has 1 aromatic carbocycles. The van der Waals surface area contributed by atoms with E-state index in [2.05, 4.69) is 9.97 Å². The molecule has 2 rings (SSSR count). The van der Waals surface area contributed by atoms with Crippen LogP contribution in [0.5, 0.6) is 0 Å². The minimum atomic E-state index is -0.244. The molecule has 2 nitrogen and oxygen atoms in total. The Morgan fingerprint density at radius 2 is 1.88 bits per heavy atom. The van der Waals surface area contributed by atoms with Crippen molar-refractivity contribution in [2.75, 3.05) is 0 Å². The summed E-state index contributed by atoms with van der Waals surface area (Å²) in [6.07, 6.45) is 0.557. The van der Waals surface area contributed by atoms with E-state index in [-0.39, 0.29) is 5.82 Å². The van der Waals surface area contributed by atoms with Crippen molar-refractivity contribution in [1.29, 1.82) is 0 Å². The van der Waals surface area contributed by atoms with E-state index in [1.807, 2.05) is 6.92 Å². The molecule has 4 heteroatoms. The van der Waals surface area contributed by atoms with E-state index in [0.29, 0.717) is 17.4 Å². The van der Waals surface area contributed by atoms with Gasteiger partial charge < -0.3 is 0 Å². The summed E-state index contributed by atoms with van der Waals surface area (Å²) in [5.74, 6) is 0.406. The molecule has 0 fully saturated rings. The summed E-state index contributed by atoms with van der Waals surface area (Å²) in [5.41, 5.74) is 1.79. The molecule has 1 aromatic heterocycles. The van der Waals surface area contributed by atoms with Crippen molar-refractivity contribution in [3.05, 3.63) is 58.4 Å². The van der Waals surface area contributed by atoms with E-state index in [4.69, 9.17) is 11.6 Å². The summed E-state index contributed by atoms with van der Waals surface area (Å²) in [6, 6.07) is 7.99. The Balaban J connectivity index is 2.23. The van der Waals surface area contributed by atoms with Crippen LogP contribution < -0.4 is 0 Å². The highest BCUT2D eigenvalue weighted by atomic mass is 35.5. The lowest BCUT2D eigenvalue weighted by Gasteiger charge is -2.02. The zero-order chi connectivity index (χ0) is 11.5. The van der Waals surface area contributed by atoms with E-state index in [9.17, 15) is 4.39 Å². The zero-order valence-corrected chi connectivity index (χ0v) is 9.50. The molecule has 0 atom stereocenters. The van der Waals surface area contributed by atoms with Gasteiger partial charge in [0.05, 0.1) is 0 Å². The molecule has 0 aliphatic rings. The smallest absolute Gasteiger partial charge is 0.134 e. The zero-order valence-electron chi connectivity index (χ0n) is 8.74. The minimum absolute atomic E-state index is 0.244. The molecule has 0 N–H and O–H groups in total. The van der Waals surface area contributed by atoms with Gasteiger partial charge in [0, 0.05) is 12.1 Å². The molecule has 0 aliphatic heterocycles. The SMILES string of the molecule is Cc1cc(Cl)nc(Cc2ccc(F)cc2)n1. The Bertz CT molecular complexity index is 477. The number of halogens is 2. The average molecular weight is 237 g/mol. The van der Waals surface area contributed by atoms with Crippen LogP contribution in [0.3, 0.4) is 0 Å². The molecule has 0 bridgehead atoms. The van der Waals surface area contributed by atoms with Gasteiger partial charge in [-0.3, -0.25) is 0 Å². The Morgan fingerprint density at radius 1 is 1.19 bits per heavy atom. The molecule has 0 saturated carbocycles. The maximum Gasteiger partial charge on any atom is 0.134 e. The van der Waals surface area contributed by atoms with Gasteiger partial charge in [0.25, 0.3) is 0 Å². The molecular weight excluding hydrogens is 227 g/mol. The van der Waals surface area contributed by atoms with Gasteiger partial charge in [-0.1, -0.05) is 23.7 Å². The Morgan fingerprint density at radius 3 is 2.50 bits per heavy atom. The van der Waals surface area contributed by atoms with Crippen molar-refractivity contribution in [3.8, 4) is 0 Å². The number of aromatic nitrogens is 2. The minimum Gasteiger partial charge on any atom is -0.238 e. The van der Waals surface area contributed by atoms with Crippen molar-refractivity contribution < 1.29 is 4.39 Å². The van der Waals surface area contributed by atoms with Crippen LogP contribution in [0.25, 0.3) is 0 Å². The third-order valence-corrected chi connectivity index (χ3v) is 2.34. The maximum absolute atomic E-state index is 12.7. The third kappa shape index (κ3) is 2.76. The highest BCUT2D eigenvalue weighted by Crippen LogP contribution is 2.11. The highest BCUT2D eigenvalue weighted by Gasteiger charge is 2.02. The fraction of sp³-hybridized carbons (Fsp3) is 0.167. The van der Waals surface area contributed by atoms with Crippen molar-refractivity contribution in [2.45, 2.75) is 13.3 Å². The molecule has 0 radical (unpaired) electrons. The van der Waals surface area contributed by atoms with Gasteiger partial charge >= 0.3 is 0 Å². The topological polar surface area (TPSA) is 25.8 Å². The summed E-state index contributed by atoms with van der Waals surface area (Å²) in [5, 5.41) is 0.435. The second-order valence-electron chi connectivity index (χ2n) is 3.55. The summed E-state index contributed by atoms with van der Waals surface area (Å²) in [4.78, 5) is 8.37. The fourth-order valence-electron chi connectivity index (χ4n) is 1.45. The molecule has 2 aromatic rings. The summed E-state index contributed by atoms with van der Waals surface area (Å²) >= 11 is 5.83. The lowest BCUT2D eigenvalue weighted by atomic mass is 10.1. The summed E-state index contributed by atoms with van der Waals surface area (Å²) in [6.45, 7) is 1.86. The Kier molecular flexibility index (Phi) is 3.15. The lowest BCUT2D eigenvalue weighted by Crippen LogP contribution is -1.98. The largest absolute Gasteiger partial charge is 0.238 e. The Hall–Kier alpha value is -1.48. The first-order valence-electron chi connectivity index (χ1n) is 4.88. The molecule has 16 heavy (non-hydrogen) atoms. The lowest BCUT2D eigenvalue weighted by molar-refractivity contribution is 0.627. The summed E-state index contributed by atoms with van der Waals surface area (Å²) < 4.78 is 12.7. The first kappa shape index (κ1) is 11.0. The van der Waals surface area contributed by atoms with Gasteiger partial charge in [0.15, 0.2) is 0 Å². The van der Waals surface area contributed by atoms with Gasteiger partial charge in [-0.2, -0.15) is 0 Å². The molecule has 82 valence electrons. The van der Waals surface area contributed by atoms with Crippen molar-refractivity contribution in [1.82, 2.24) is 9.97 Å². The third-order valence-electron chi connectivity index (χ3n) is 2.14. The van der Waals surface area contributed by atoms with Crippen LogP contribution in [0, 0.1) is 12.7 Å². The van der Waals surface area contributed by atoms with Gasteiger partial charge in [0.2, 0.25) is 0 Å². The van der Waals surface area contributed by atoms with Crippen LogP contribution in [0.15, 0.2) is 30.3 Å². The van der Waals surface area contributed by atoms with Crippen LogP contribution in [0.4, 0.5) is 4.39 Å². The number of nitrogens with zero attached hydrogens (tertiary/aromatic N) is 2. The van der Waals surface area contributed by atoms with Crippen LogP contribution in [-0.2, 0) is 6.42 Å². The molecule has 0 amide bonds. The monoisotopic (exact) mass is 236 g/mol. The van der Waals surface area contributed by atoms with Crippen LogP contribution in [0.1, 0.15) is 17.1 Å². The maximum atomic E-state index is 12.7. The van der Waals surface area contributed by atoms with Crippen LogP contribution >= 0.6 is 11.6 Å². The normalized spacial score (nSPS) is 10.4. The van der Waals surface area contributed by atoms with Gasteiger partial charge in [-0.15, -0.1) is 0 Å². The van der Waals surface area contributed by atoms with Crippen molar-refractivity contribution >= 4 is 11.6 Å². The fourth-order valence-corrected chi connectivity index (χ4v) is 1.71. The van der Waals surface area contributed by atoms with E-state index in [1.54, 1.807) is 18.2 Å². The standard InChI is InChI=1S/C12H10ClFN2/c1-8-6-11(13)16-12(15-8)7-9-2-4-10(14)5-3-9/h2-6H,7H2,1H3. The first-order chi connectivity index (χ1) is 7.63. The molecular formula is C12H10ClFN2. The number of benzene rings is 1. The molecule has 1 heterocycles. The predicted octanol–water partition coefficient (Wildman–Crippen LogP) is 3.17. The average Bonchev–Trinajstić information content (AvgIpc) is 2.20. The van der Waals surface area contributed by atoms with E-state index in [1.165, 1.54) is 12.1 Å². The second-order valence-corrected chi connectivity index (χ2v) is 3.94. The number of aryl methyl sites for hydroxylation is 1. The van der Waals surface area contributed by atoms with Gasteiger partial charge in [-0.25, -0.2) is 14.4 Å². The van der Waals surface area contributed by atoms with E-state index in [0.717, 1.165) is 11.3 Å². The molecule has 0 aliphatic carbocycles. The first-order valence-corrected chi connectivity index (χ1v) is 5.26. The van der Waals surface area contributed by atoms with Crippen molar-refractivity contribution in [2.24, 2.45) is 0 Å². The van der Waals surface area contributed by atoms with E-state index < -0.39 is 0 Å². The molecule has 0 unspecified atom stereocenters. The van der Waals surface area contributed by atoms with E-state index >= 15 is 0 Å². The number of hydrogen-bond donors (Lipinski definition) is 0. The van der Waals surface area contributed by atoms with Gasteiger partial charge in [-0.05, 0) is 30.7 Å².